The topological polar surface area (TPSA) is 75.4 Å². The van der Waals surface area contributed by atoms with Crippen LogP contribution in [0.5, 0.6) is 0 Å². The summed E-state index contributed by atoms with van der Waals surface area (Å²) in [5.74, 6) is 1.86. The Kier molecular flexibility index (Phi) is 6.99. The van der Waals surface area contributed by atoms with Gasteiger partial charge in [0.15, 0.2) is 0 Å². The second-order valence-electron chi connectivity index (χ2n) is 4.09. The number of rotatable bonds is 6. The lowest BCUT2D eigenvalue weighted by Gasteiger charge is -2.23. The third-order valence-electron chi connectivity index (χ3n) is 2.13. The molecule has 0 spiro atoms. The number of hydrogen-bond acceptors (Lipinski definition) is 3. The van der Waals surface area contributed by atoms with Crippen LogP contribution in [0, 0.1) is 12.3 Å². The normalized spacial score (nSPS) is 11.8. The maximum atomic E-state index is 11.8. The Morgan fingerprint density at radius 2 is 2.06 bits per heavy atom. The number of nitrogens with zero attached hydrogens (tertiary/aromatic N) is 1. The summed E-state index contributed by atoms with van der Waals surface area (Å²) in [5.41, 5.74) is 5.62. The molecule has 2 amide bonds. The van der Waals surface area contributed by atoms with Gasteiger partial charge < -0.3 is 16.0 Å². The summed E-state index contributed by atoms with van der Waals surface area (Å²) in [6.45, 7) is 5.97. The van der Waals surface area contributed by atoms with Crippen molar-refractivity contribution in [1.29, 1.82) is 0 Å². The molecular formula is C12H21N3O2. The van der Waals surface area contributed by atoms with Crippen molar-refractivity contribution in [2.24, 2.45) is 5.73 Å². The van der Waals surface area contributed by atoms with Crippen LogP contribution < -0.4 is 11.1 Å². The maximum absolute atomic E-state index is 11.8. The van der Waals surface area contributed by atoms with E-state index in [0.717, 1.165) is 0 Å². The number of amides is 2. The average Bonchev–Trinajstić information content (AvgIpc) is 2.24. The molecule has 0 aliphatic heterocycles. The predicted octanol–water partition coefficient (Wildman–Crippen LogP) is -0.290. The first-order chi connectivity index (χ1) is 7.92. The second kappa shape index (κ2) is 7.69. The summed E-state index contributed by atoms with van der Waals surface area (Å²) in [6.07, 6.45) is 5.28. The van der Waals surface area contributed by atoms with E-state index in [0.29, 0.717) is 6.54 Å². The zero-order chi connectivity index (χ0) is 13.4. The number of nitrogens with two attached hydrogens (primary N) is 1. The van der Waals surface area contributed by atoms with E-state index < -0.39 is 6.04 Å². The van der Waals surface area contributed by atoms with Gasteiger partial charge in [-0.05, 0) is 20.8 Å². The van der Waals surface area contributed by atoms with E-state index in [2.05, 4.69) is 11.2 Å². The summed E-state index contributed by atoms with van der Waals surface area (Å²) >= 11 is 0. The van der Waals surface area contributed by atoms with Crippen LogP contribution in [0.3, 0.4) is 0 Å². The summed E-state index contributed by atoms with van der Waals surface area (Å²) < 4.78 is 0. The highest BCUT2D eigenvalue weighted by Crippen LogP contribution is 1.97. The highest BCUT2D eigenvalue weighted by Gasteiger charge is 2.21. The SMILES string of the molecule is C#CCC(N)C(=O)N(CC)CC(=O)NC(C)C. The fourth-order valence-corrected chi connectivity index (χ4v) is 1.34. The minimum Gasteiger partial charge on any atom is -0.352 e. The van der Waals surface area contributed by atoms with E-state index in [1.54, 1.807) is 6.92 Å². The summed E-state index contributed by atoms with van der Waals surface area (Å²) in [6, 6.07) is -0.678. The maximum Gasteiger partial charge on any atom is 0.240 e. The van der Waals surface area contributed by atoms with E-state index in [-0.39, 0.29) is 30.8 Å². The van der Waals surface area contributed by atoms with Crippen molar-refractivity contribution >= 4 is 11.8 Å². The zero-order valence-corrected chi connectivity index (χ0v) is 10.7. The number of likely N-dealkylation sites (N-methyl/N-ethyl adjacent to an activating group) is 1. The quantitative estimate of drug-likeness (QED) is 0.625. The third kappa shape index (κ3) is 5.93. The van der Waals surface area contributed by atoms with Crippen molar-refractivity contribution in [3.63, 3.8) is 0 Å². The summed E-state index contributed by atoms with van der Waals surface area (Å²) in [7, 11) is 0. The van der Waals surface area contributed by atoms with Crippen LogP contribution in [0.4, 0.5) is 0 Å². The van der Waals surface area contributed by atoms with Gasteiger partial charge in [0, 0.05) is 19.0 Å². The average molecular weight is 239 g/mol. The van der Waals surface area contributed by atoms with E-state index in [1.165, 1.54) is 4.90 Å². The van der Waals surface area contributed by atoms with Crippen LogP contribution in [-0.2, 0) is 9.59 Å². The van der Waals surface area contributed by atoms with Crippen molar-refractivity contribution < 1.29 is 9.59 Å². The lowest BCUT2D eigenvalue weighted by Crippen LogP contribution is -2.48. The fraction of sp³-hybridized carbons (Fsp3) is 0.667. The molecule has 0 saturated carbocycles. The molecular weight excluding hydrogens is 218 g/mol. The Hall–Kier alpha value is -1.54. The smallest absolute Gasteiger partial charge is 0.240 e. The van der Waals surface area contributed by atoms with Gasteiger partial charge in [-0.1, -0.05) is 0 Å². The Labute approximate surface area is 103 Å². The molecule has 0 aliphatic rings. The molecule has 0 aromatic carbocycles. The number of carbonyl (C=O) groups excluding carboxylic acids is 2. The van der Waals surface area contributed by atoms with Gasteiger partial charge in [-0.25, -0.2) is 0 Å². The van der Waals surface area contributed by atoms with Gasteiger partial charge in [0.1, 0.15) is 0 Å². The number of nitrogens with one attached hydrogen (secondary N) is 1. The number of carbonyl (C=O) groups is 2. The van der Waals surface area contributed by atoms with Gasteiger partial charge in [-0.15, -0.1) is 12.3 Å². The van der Waals surface area contributed by atoms with Crippen LogP contribution in [0.1, 0.15) is 27.2 Å². The molecule has 1 unspecified atom stereocenters. The lowest BCUT2D eigenvalue weighted by atomic mass is 10.2. The Balaban J connectivity index is 4.38. The molecule has 5 heteroatoms. The molecule has 3 N–H and O–H groups in total. The Bertz CT molecular complexity index is 307. The van der Waals surface area contributed by atoms with Gasteiger partial charge in [0.25, 0.3) is 0 Å². The molecule has 0 aliphatic carbocycles. The van der Waals surface area contributed by atoms with Crippen molar-refractivity contribution in [2.45, 2.75) is 39.3 Å². The molecule has 17 heavy (non-hydrogen) atoms. The van der Waals surface area contributed by atoms with Crippen LogP contribution in [-0.4, -0.2) is 41.9 Å². The first-order valence-electron chi connectivity index (χ1n) is 5.69. The molecule has 0 aromatic heterocycles. The molecule has 0 heterocycles. The molecule has 0 aromatic rings. The van der Waals surface area contributed by atoms with E-state index >= 15 is 0 Å². The molecule has 0 bridgehead atoms. The standard InChI is InChI=1S/C12H21N3O2/c1-5-7-10(13)12(17)15(6-2)8-11(16)14-9(3)4/h1,9-10H,6-8,13H2,2-4H3,(H,14,16). The van der Waals surface area contributed by atoms with Crippen LogP contribution in [0.2, 0.25) is 0 Å². The van der Waals surface area contributed by atoms with Gasteiger partial charge in [0.2, 0.25) is 11.8 Å². The highest BCUT2D eigenvalue weighted by atomic mass is 16.2. The number of terminal acetylenes is 1. The molecule has 1 atom stereocenters. The number of hydrogen-bond donors (Lipinski definition) is 2. The van der Waals surface area contributed by atoms with Gasteiger partial charge in [-0.3, -0.25) is 9.59 Å². The van der Waals surface area contributed by atoms with Crippen molar-refractivity contribution in [2.75, 3.05) is 13.1 Å². The largest absolute Gasteiger partial charge is 0.352 e. The molecule has 0 rings (SSSR count). The molecule has 96 valence electrons. The van der Waals surface area contributed by atoms with Crippen molar-refractivity contribution in [3.8, 4) is 12.3 Å². The molecule has 0 radical (unpaired) electrons. The monoisotopic (exact) mass is 239 g/mol. The fourth-order valence-electron chi connectivity index (χ4n) is 1.34. The van der Waals surface area contributed by atoms with Crippen molar-refractivity contribution in [3.05, 3.63) is 0 Å². The minimum atomic E-state index is -0.730. The first-order valence-corrected chi connectivity index (χ1v) is 5.69. The molecule has 5 nitrogen and oxygen atoms in total. The van der Waals surface area contributed by atoms with Gasteiger partial charge in [0.05, 0.1) is 12.6 Å². The lowest BCUT2D eigenvalue weighted by molar-refractivity contribution is -0.137. The summed E-state index contributed by atoms with van der Waals surface area (Å²) in [4.78, 5) is 24.7. The van der Waals surface area contributed by atoms with Gasteiger partial charge in [-0.2, -0.15) is 0 Å². The molecule has 0 saturated heterocycles. The highest BCUT2D eigenvalue weighted by molar-refractivity contribution is 5.87. The van der Waals surface area contributed by atoms with Crippen LogP contribution in [0.15, 0.2) is 0 Å². The van der Waals surface area contributed by atoms with E-state index in [4.69, 9.17) is 12.2 Å². The minimum absolute atomic E-state index is 0.0196. The first kappa shape index (κ1) is 15.5. The second-order valence-corrected chi connectivity index (χ2v) is 4.09. The Morgan fingerprint density at radius 3 is 2.47 bits per heavy atom. The van der Waals surface area contributed by atoms with Crippen LogP contribution in [0.25, 0.3) is 0 Å². The summed E-state index contributed by atoms with van der Waals surface area (Å²) in [5, 5.41) is 2.72. The predicted molar refractivity (Wildman–Crippen MR) is 67.0 cm³/mol. The van der Waals surface area contributed by atoms with E-state index in [1.807, 2.05) is 13.8 Å². The third-order valence-corrected chi connectivity index (χ3v) is 2.13. The molecule has 0 fully saturated rings. The Morgan fingerprint density at radius 1 is 1.47 bits per heavy atom. The van der Waals surface area contributed by atoms with Crippen molar-refractivity contribution in [1.82, 2.24) is 10.2 Å². The van der Waals surface area contributed by atoms with Crippen LogP contribution >= 0.6 is 0 Å². The van der Waals surface area contributed by atoms with Gasteiger partial charge >= 0.3 is 0 Å². The zero-order valence-electron chi connectivity index (χ0n) is 10.7. The van der Waals surface area contributed by atoms with E-state index in [9.17, 15) is 9.59 Å².